The molecule has 9 heteroatoms. The third-order valence-corrected chi connectivity index (χ3v) is 5.90. The molecule has 0 spiro atoms. The van der Waals surface area contributed by atoms with Crippen LogP contribution in [-0.2, 0) is 10.0 Å². The van der Waals surface area contributed by atoms with Gasteiger partial charge in [0, 0.05) is 29.2 Å². The summed E-state index contributed by atoms with van der Waals surface area (Å²) in [6.07, 6.45) is 1.57. The van der Waals surface area contributed by atoms with Crippen LogP contribution in [0.3, 0.4) is 0 Å². The Morgan fingerprint density at radius 3 is 2.12 bits per heavy atom. The van der Waals surface area contributed by atoms with Crippen LogP contribution in [0.5, 0.6) is 0 Å². The Hall–Kier alpha value is -4.11. The highest BCUT2D eigenvalue weighted by atomic mass is 32.2. The van der Waals surface area contributed by atoms with Crippen LogP contribution in [0.25, 0.3) is 0 Å². The molecule has 3 amide bonds. The third kappa shape index (κ3) is 6.68. The number of carbonyl (C=O) groups is 2. The van der Waals surface area contributed by atoms with E-state index in [9.17, 15) is 18.0 Å². The summed E-state index contributed by atoms with van der Waals surface area (Å²) < 4.78 is 28.0. The second-order valence-electron chi connectivity index (χ2n) is 7.15. The molecule has 170 valence electrons. The number of carbonyl (C=O) groups excluding carboxylic acids is 2. The molecule has 0 aliphatic rings. The second-order valence-corrected chi connectivity index (χ2v) is 8.84. The summed E-state index contributed by atoms with van der Waals surface area (Å²) >= 11 is 0. The highest BCUT2D eigenvalue weighted by Crippen LogP contribution is 2.19. The number of hydrogen-bond donors (Lipinski definition) is 4. The smallest absolute Gasteiger partial charge is 0.319 e. The van der Waals surface area contributed by atoms with Gasteiger partial charge in [0.15, 0.2) is 0 Å². The van der Waals surface area contributed by atoms with Gasteiger partial charge in [-0.15, -0.1) is 6.58 Å². The van der Waals surface area contributed by atoms with Gasteiger partial charge in [0.25, 0.3) is 15.9 Å². The van der Waals surface area contributed by atoms with Gasteiger partial charge in [0.05, 0.1) is 4.90 Å². The number of amides is 3. The van der Waals surface area contributed by atoms with Gasteiger partial charge in [-0.1, -0.05) is 29.8 Å². The van der Waals surface area contributed by atoms with E-state index in [1.54, 1.807) is 54.6 Å². The van der Waals surface area contributed by atoms with E-state index in [0.717, 1.165) is 5.56 Å². The minimum absolute atomic E-state index is 0.0270. The first-order valence-corrected chi connectivity index (χ1v) is 11.5. The summed E-state index contributed by atoms with van der Waals surface area (Å²) in [5, 5.41) is 7.96. The van der Waals surface area contributed by atoms with Crippen molar-refractivity contribution in [1.82, 2.24) is 5.32 Å². The molecule has 0 aliphatic heterocycles. The zero-order valence-electron chi connectivity index (χ0n) is 18.0. The van der Waals surface area contributed by atoms with E-state index in [4.69, 9.17) is 0 Å². The average Bonchev–Trinajstić information content (AvgIpc) is 2.80. The molecule has 4 N–H and O–H groups in total. The Bertz CT molecular complexity index is 1250. The lowest BCUT2D eigenvalue weighted by Gasteiger charge is -2.11. The van der Waals surface area contributed by atoms with Crippen molar-refractivity contribution in [2.75, 3.05) is 21.9 Å². The molecule has 3 aromatic rings. The summed E-state index contributed by atoms with van der Waals surface area (Å²) in [5.74, 6) is -0.466. The summed E-state index contributed by atoms with van der Waals surface area (Å²) in [6, 6.07) is 18.9. The van der Waals surface area contributed by atoms with Gasteiger partial charge in [-0.25, -0.2) is 13.2 Å². The number of sulfonamides is 1. The predicted octanol–water partition coefficient (Wildman–Crippen LogP) is 4.36. The Morgan fingerprint density at radius 2 is 1.48 bits per heavy atom. The normalized spacial score (nSPS) is 10.7. The van der Waals surface area contributed by atoms with Crippen molar-refractivity contribution in [2.45, 2.75) is 11.8 Å². The maximum Gasteiger partial charge on any atom is 0.319 e. The summed E-state index contributed by atoms with van der Waals surface area (Å²) in [6.45, 7) is 5.78. The molecule has 0 atom stereocenters. The van der Waals surface area contributed by atoms with Crippen molar-refractivity contribution in [2.24, 2.45) is 0 Å². The van der Waals surface area contributed by atoms with Crippen LogP contribution in [0.15, 0.2) is 90.3 Å². The Morgan fingerprint density at radius 1 is 0.879 bits per heavy atom. The van der Waals surface area contributed by atoms with E-state index in [2.05, 4.69) is 27.3 Å². The topological polar surface area (TPSA) is 116 Å². The van der Waals surface area contributed by atoms with Crippen molar-refractivity contribution < 1.29 is 18.0 Å². The van der Waals surface area contributed by atoms with Gasteiger partial charge in [-0.3, -0.25) is 9.52 Å². The standard InChI is InChI=1S/C24H24N4O4S/c1-3-15-25-24(30)27-20-13-11-19(12-14-20)26-23(29)18-5-4-6-22(16-18)33(31,32)28-21-9-7-17(2)8-10-21/h3-14,16,28H,1,15H2,2H3,(H,26,29)(H2,25,27,30). The fraction of sp³-hybridized carbons (Fsp3) is 0.0833. The van der Waals surface area contributed by atoms with Crippen molar-refractivity contribution >= 4 is 39.0 Å². The largest absolute Gasteiger partial charge is 0.334 e. The van der Waals surface area contributed by atoms with E-state index < -0.39 is 15.9 Å². The molecule has 0 bridgehead atoms. The Labute approximate surface area is 192 Å². The van der Waals surface area contributed by atoms with E-state index >= 15 is 0 Å². The molecule has 3 rings (SSSR count). The monoisotopic (exact) mass is 464 g/mol. The number of benzene rings is 3. The van der Waals surface area contributed by atoms with Crippen LogP contribution in [0, 0.1) is 6.92 Å². The maximum absolute atomic E-state index is 12.7. The molecule has 0 heterocycles. The van der Waals surface area contributed by atoms with E-state index in [1.165, 1.54) is 24.3 Å². The number of rotatable bonds is 8. The Balaban J connectivity index is 1.67. The molecule has 8 nitrogen and oxygen atoms in total. The molecule has 33 heavy (non-hydrogen) atoms. The van der Waals surface area contributed by atoms with Crippen molar-refractivity contribution in [3.63, 3.8) is 0 Å². The minimum atomic E-state index is -3.86. The van der Waals surface area contributed by atoms with Crippen LogP contribution in [0.4, 0.5) is 21.9 Å². The van der Waals surface area contributed by atoms with Gasteiger partial charge >= 0.3 is 6.03 Å². The fourth-order valence-electron chi connectivity index (χ4n) is 2.82. The van der Waals surface area contributed by atoms with E-state index in [1.807, 2.05) is 6.92 Å². The number of anilines is 3. The second kappa shape index (κ2) is 10.5. The van der Waals surface area contributed by atoms with E-state index in [0.29, 0.717) is 23.6 Å². The first-order valence-electron chi connectivity index (χ1n) is 10.0. The van der Waals surface area contributed by atoms with Gasteiger partial charge < -0.3 is 16.0 Å². The first-order chi connectivity index (χ1) is 15.8. The highest BCUT2D eigenvalue weighted by molar-refractivity contribution is 7.92. The summed E-state index contributed by atoms with van der Waals surface area (Å²) in [7, 11) is -3.86. The van der Waals surface area contributed by atoms with Crippen molar-refractivity contribution in [3.8, 4) is 0 Å². The van der Waals surface area contributed by atoms with Crippen LogP contribution in [0.2, 0.25) is 0 Å². The van der Waals surface area contributed by atoms with Crippen LogP contribution in [0.1, 0.15) is 15.9 Å². The van der Waals surface area contributed by atoms with Gasteiger partial charge in [-0.2, -0.15) is 0 Å². The zero-order chi connectivity index (χ0) is 23.8. The molecular formula is C24H24N4O4S. The van der Waals surface area contributed by atoms with Crippen LogP contribution in [-0.4, -0.2) is 26.9 Å². The van der Waals surface area contributed by atoms with Gasteiger partial charge in [0.1, 0.15) is 0 Å². The van der Waals surface area contributed by atoms with E-state index in [-0.39, 0.29) is 16.5 Å². The molecule has 0 aromatic heterocycles. The van der Waals surface area contributed by atoms with Gasteiger partial charge in [0.2, 0.25) is 0 Å². The minimum Gasteiger partial charge on any atom is -0.334 e. The Kier molecular flexibility index (Phi) is 7.47. The third-order valence-electron chi connectivity index (χ3n) is 4.52. The molecule has 0 fully saturated rings. The number of hydrogen-bond acceptors (Lipinski definition) is 4. The van der Waals surface area contributed by atoms with Crippen molar-refractivity contribution in [3.05, 3.63) is 96.6 Å². The molecule has 0 radical (unpaired) electrons. The highest BCUT2D eigenvalue weighted by Gasteiger charge is 2.17. The van der Waals surface area contributed by atoms with Crippen LogP contribution < -0.4 is 20.7 Å². The summed E-state index contributed by atoms with van der Waals surface area (Å²) in [5.41, 5.74) is 2.67. The zero-order valence-corrected chi connectivity index (χ0v) is 18.8. The average molecular weight is 465 g/mol. The number of nitrogens with one attached hydrogen (secondary N) is 4. The van der Waals surface area contributed by atoms with Crippen LogP contribution >= 0.6 is 0 Å². The van der Waals surface area contributed by atoms with Gasteiger partial charge in [-0.05, 0) is 61.5 Å². The SMILES string of the molecule is C=CCNC(=O)Nc1ccc(NC(=O)c2cccc(S(=O)(=O)Nc3ccc(C)cc3)c2)cc1. The molecule has 0 aliphatic carbocycles. The lowest BCUT2D eigenvalue weighted by molar-refractivity contribution is 0.102. The first kappa shape index (κ1) is 23.6. The molecular weight excluding hydrogens is 440 g/mol. The quantitative estimate of drug-likeness (QED) is 0.371. The fourth-order valence-corrected chi connectivity index (χ4v) is 3.92. The lowest BCUT2D eigenvalue weighted by Crippen LogP contribution is -2.28. The summed E-state index contributed by atoms with van der Waals surface area (Å²) in [4.78, 5) is 24.3. The molecule has 0 unspecified atom stereocenters. The molecule has 0 saturated carbocycles. The predicted molar refractivity (Wildman–Crippen MR) is 130 cm³/mol. The number of aryl methyl sites for hydroxylation is 1. The number of urea groups is 1. The molecule has 3 aromatic carbocycles. The lowest BCUT2D eigenvalue weighted by atomic mass is 10.2. The van der Waals surface area contributed by atoms with Crippen molar-refractivity contribution in [1.29, 1.82) is 0 Å². The maximum atomic E-state index is 12.7. The molecule has 0 saturated heterocycles.